The molecular weight excluding hydrogens is 464 g/mol. The highest BCUT2D eigenvalue weighted by Gasteiger charge is 2.50. The minimum atomic E-state index is -3.39. The number of carbonyl (C=O) groups is 4. The maximum Gasteiger partial charge on any atom is 0.408 e. The van der Waals surface area contributed by atoms with E-state index in [2.05, 4.69) is 10.6 Å². The van der Waals surface area contributed by atoms with Gasteiger partial charge in [0, 0.05) is 6.42 Å². The smallest absolute Gasteiger partial charge is 0.408 e. The Morgan fingerprint density at radius 2 is 1.43 bits per heavy atom. The van der Waals surface area contributed by atoms with Crippen molar-refractivity contribution < 1.29 is 37.8 Å². The molecule has 3 amide bonds. The number of ether oxygens (including phenoxy) is 1. The average Bonchev–Trinajstić information content (AvgIpc) is 2.83. The zero-order valence-electron chi connectivity index (χ0n) is 19.2. The summed E-state index contributed by atoms with van der Waals surface area (Å²) in [4.78, 5) is 48.8. The molecule has 188 valence electrons. The summed E-state index contributed by atoms with van der Waals surface area (Å²) < 4.78 is 34.0. The van der Waals surface area contributed by atoms with Crippen molar-refractivity contribution in [2.24, 2.45) is 0 Å². The van der Waals surface area contributed by atoms with Gasteiger partial charge in [0.15, 0.2) is 5.54 Å². The molecule has 9 nitrogen and oxygen atoms in total. The molecule has 0 aliphatic heterocycles. The van der Waals surface area contributed by atoms with Crippen molar-refractivity contribution in [1.29, 1.82) is 0 Å². The van der Waals surface area contributed by atoms with Gasteiger partial charge in [-0.3, -0.25) is 14.4 Å². The number of benzene rings is 2. The van der Waals surface area contributed by atoms with Crippen LogP contribution in [0.1, 0.15) is 25.0 Å². The summed E-state index contributed by atoms with van der Waals surface area (Å²) in [5.41, 5.74) is -1.85. The lowest BCUT2D eigenvalue weighted by Crippen LogP contribution is -2.66. The van der Waals surface area contributed by atoms with Crippen LogP contribution in [0.3, 0.4) is 0 Å². The molecule has 35 heavy (non-hydrogen) atoms. The Labute approximate surface area is 200 Å². The van der Waals surface area contributed by atoms with Crippen molar-refractivity contribution in [3.63, 3.8) is 0 Å². The van der Waals surface area contributed by atoms with E-state index >= 15 is 0 Å². The van der Waals surface area contributed by atoms with E-state index in [1.54, 1.807) is 48.5 Å². The van der Waals surface area contributed by atoms with Crippen LogP contribution in [0.25, 0.3) is 0 Å². The lowest BCUT2D eigenvalue weighted by molar-refractivity contribution is -0.142. The Kier molecular flexibility index (Phi) is 9.68. The van der Waals surface area contributed by atoms with Gasteiger partial charge in [0.25, 0.3) is 12.3 Å². The highest BCUT2D eigenvalue weighted by molar-refractivity contribution is 5.95. The average molecular weight is 491 g/mol. The van der Waals surface area contributed by atoms with Crippen LogP contribution in [0, 0.1) is 0 Å². The molecule has 1 unspecified atom stereocenters. The van der Waals surface area contributed by atoms with Crippen molar-refractivity contribution in [3.05, 3.63) is 71.8 Å². The Bertz CT molecular complexity index is 1020. The number of alkyl halides is 2. The van der Waals surface area contributed by atoms with E-state index in [0.29, 0.717) is 11.1 Å². The van der Waals surface area contributed by atoms with Crippen LogP contribution in [-0.2, 0) is 32.1 Å². The number of carboxylic acids is 1. The summed E-state index contributed by atoms with van der Waals surface area (Å²) in [7, 11) is 0. The number of nitrogens with one attached hydrogen (secondary N) is 3. The van der Waals surface area contributed by atoms with Gasteiger partial charge in [0.1, 0.15) is 18.7 Å². The number of amides is 3. The van der Waals surface area contributed by atoms with E-state index in [1.807, 2.05) is 5.32 Å². The molecule has 2 rings (SSSR count). The van der Waals surface area contributed by atoms with E-state index in [9.17, 15) is 28.0 Å². The Morgan fingerprint density at radius 1 is 0.886 bits per heavy atom. The molecule has 11 heteroatoms. The largest absolute Gasteiger partial charge is 0.480 e. The number of rotatable bonds is 11. The number of carboxylic acid groups (broad SMARTS) is 1. The first-order chi connectivity index (χ1) is 16.5. The molecule has 0 bridgehead atoms. The molecule has 2 aromatic rings. The second-order valence-electron chi connectivity index (χ2n) is 7.88. The summed E-state index contributed by atoms with van der Waals surface area (Å²) >= 11 is 0. The summed E-state index contributed by atoms with van der Waals surface area (Å²) in [6.45, 7) is 2.19. The monoisotopic (exact) mass is 491 g/mol. The second kappa shape index (κ2) is 12.4. The lowest BCUT2D eigenvalue weighted by Gasteiger charge is -2.33. The molecule has 0 aromatic heterocycles. The van der Waals surface area contributed by atoms with Gasteiger partial charge in [-0.05, 0) is 25.0 Å². The second-order valence-corrected chi connectivity index (χ2v) is 7.88. The van der Waals surface area contributed by atoms with Crippen molar-refractivity contribution in [2.45, 2.75) is 50.9 Å². The molecule has 2 aromatic carbocycles. The van der Waals surface area contributed by atoms with Crippen molar-refractivity contribution in [3.8, 4) is 0 Å². The van der Waals surface area contributed by atoms with Crippen LogP contribution >= 0.6 is 0 Å². The fourth-order valence-electron chi connectivity index (χ4n) is 3.06. The normalized spacial score (nSPS) is 14.2. The summed E-state index contributed by atoms with van der Waals surface area (Å²) in [6, 6.07) is 13.7. The van der Waals surface area contributed by atoms with Crippen LogP contribution in [0.15, 0.2) is 60.7 Å². The SMILES string of the molecule is C[C@H](NC(=O)[C@H](C)NC(=O)C(Cc1ccccc1)(NC(=O)OCc1ccccc1)C(F)F)C(=O)O. The molecule has 0 heterocycles. The first kappa shape index (κ1) is 27.2. The molecule has 0 radical (unpaired) electrons. The molecule has 0 spiro atoms. The van der Waals surface area contributed by atoms with Gasteiger partial charge >= 0.3 is 12.1 Å². The predicted molar refractivity (Wildman–Crippen MR) is 121 cm³/mol. The Balaban J connectivity index is 2.25. The van der Waals surface area contributed by atoms with Crippen LogP contribution < -0.4 is 16.0 Å². The number of halogens is 2. The van der Waals surface area contributed by atoms with E-state index in [1.165, 1.54) is 26.0 Å². The number of hydrogen-bond acceptors (Lipinski definition) is 5. The van der Waals surface area contributed by atoms with Crippen LogP contribution in [-0.4, -0.2) is 53.0 Å². The van der Waals surface area contributed by atoms with Crippen molar-refractivity contribution in [1.82, 2.24) is 16.0 Å². The zero-order chi connectivity index (χ0) is 26.0. The maximum absolute atomic E-state index is 14.5. The fourth-order valence-corrected chi connectivity index (χ4v) is 3.06. The third-order valence-electron chi connectivity index (χ3n) is 5.11. The van der Waals surface area contributed by atoms with Crippen molar-refractivity contribution in [2.75, 3.05) is 0 Å². The first-order valence-electron chi connectivity index (χ1n) is 10.7. The topological polar surface area (TPSA) is 134 Å². The first-order valence-corrected chi connectivity index (χ1v) is 10.7. The molecular formula is C24H27F2N3O6. The van der Waals surface area contributed by atoms with Gasteiger partial charge in [0.2, 0.25) is 5.91 Å². The number of hydrogen-bond donors (Lipinski definition) is 4. The van der Waals surface area contributed by atoms with Gasteiger partial charge in [-0.15, -0.1) is 0 Å². The Morgan fingerprint density at radius 3 is 1.94 bits per heavy atom. The summed E-state index contributed by atoms with van der Waals surface area (Å²) in [5, 5.41) is 15.2. The van der Waals surface area contributed by atoms with Gasteiger partial charge < -0.3 is 25.8 Å². The number of aliphatic carboxylic acids is 1. The van der Waals surface area contributed by atoms with E-state index in [4.69, 9.17) is 9.84 Å². The lowest BCUT2D eigenvalue weighted by atomic mass is 9.89. The fraction of sp³-hybridized carbons (Fsp3) is 0.333. The molecule has 0 saturated carbocycles. The zero-order valence-corrected chi connectivity index (χ0v) is 19.2. The predicted octanol–water partition coefficient (Wildman–Crippen LogP) is 2.25. The molecule has 0 aliphatic carbocycles. The van der Waals surface area contributed by atoms with Crippen LogP contribution in [0.2, 0.25) is 0 Å². The van der Waals surface area contributed by atoms with E-state index < -0.39 is 54.3 Å². The molecule has 0 aliphatic rings. The Hall–Kier alpha value is -4.02. The van der Waals surface area contributed by atoms with Gasteiger partial charge in [-0.1, -0.05) is 60.7 Å². The van der Waals surface area contributed by atoms with Crippen LogP contribution in [0.4, 0.5) is 13.6 Å². The third kappa shape index (κ3) is 7.76. The summed E-state index contributed by atoms with van der Waals surface area (Å²) in [6.07, 6.45) is -5.24. The van der Waals surface area contributed by atoms with Gasteiger partial charge in [-0.2, -0.15) is 0 Å². The quantitative estimate of drug-likeness (QED) is 0.381. The van der Waals surface area contributed by atoms with Gasteiger partial charge in [0.05, 0.1) is 0 Å². The third-order valence-corrected chi connectivity index (χ3v) is 5.11. The minimum absolute atomic E-state index is 0.217. The standard InChI is InChI=1S/C24H27F2N3O6/c1-15(19(30)27-16(2)20(31)32)28-22(33)24(21(25)26,13-17-9-5-3-6-10-17)29-23(34)35-14-18-11-7-4-8-12-18/h3-12,15-16,21H,13-14H2,1-2H3,(H,27,30)(H,28,33)(H,29,34)(H,31,32)/t15-,16-,24?/m0/s1. The van der Waals surface area contributed by atoms with Crippen molar-refractivity contribution >= 4 is 23.9 Å². The maximum atomic E-state index is 14.5. The van der Waals surface area contributed by atoms with Gasteiger partial charge in [-0.25, -0.2) is 13.6 Å². The molecule has 4 N–H and O–H groups in total. The van der Waals surface area contributed by atoms with E-state index in [0.717, 1.165) is 0 Å². The molecule has 0 fully saturated rings. The highest BCUT2D eigenvalue weighted by atomic mass is 19.3. The minimum Gasteiger partial charge on any atom is -0.480 e. The van der Waals surface area contributed by atoms with Crippen LogP contribution in [0.5, 0.6) is 0 Å². The highest BCUT2D eigenvalue weighted by Crippen LogP contribution is 2.23. The number of alkyl carbamates (subject to hydrolysis) is 1. The molecule has 3 atom stereocenters. The summed E-state index contributed by atoms with van der Waals surface area (Å²) in [5.74, 6) is -3.55. The van der Waals surface area contributed by atoms with E-state index in [-0.39, 0.29) is 6.61 Å². The molecule has 0 saturated heterocycles. The number of carbonyl (C=O) groups excluding carboxylic acids is 3.